The van der Waals surface area contributed by atoms with E-state index >= 15 is 0 Å². The first-order valence-electron chi connectivity index (χ1n) is 16.5. The molecule has 0 aromatic heterocycles. The summed E-state index contributed by atoms with van der Waals surface area (Å²) in [6, 6.07) is 53.7. The molecule has 1 atom stereocenters. The Morgan fingerprint density at radius 2 is 1.17 bits per heavy atom. The SMILES string of the molecule is C/C=C\CC.c1ccc(-c2cccc(-c3ccc4c5c3Oc3ccc6ccccc6c3P5c3ccc(-c5ccccc5)cc3O4)c2)cc1. The van der Waals surface area contributed by atoms with Crippen LogP contribution in [-0.2, 0) is 0 Å². The third-order valence-corrected chi connectivity index (χ3v) is 11.5. The Morgan fingerprint density at radius 1 is 0.521 bits per heavy atom. The van der Waals surface area contributed by atoms with Gasteiger partial charge in [-0.05, 0) is 88.3 Å². The first-order valence-corrected chi connectivity index (χ1v) is 17.9. The van der Waals surface area contributed by atoms with Crippen LogP contribution in [0.2, 0.25) is 0 Å². The predicted molar refractivity (Wildman–Crippen MR) is 204 cm³/mol. The van der Waals surface area contributed by atoms with Gasteiger partial charge >= 0.3 is 0 Å². The van der Waals surface area contributed by atoms with Gasteiger partial charge < -0.3 is 9.47 Å². The Bertz CT molecular complexity index is 2290. The van der Waals surface area contributed by atoms with E-state index in [0.29, 0.717) is 0 Å². The summed E-state index contributed by atoms with van der Waals surface area (Å²) in [5.41, 5.74) is 6.92. The second kappa shape index (κ2) is 13.0. The van der Waals surface area contributed by atoms with Crippen LogP contribution in [0.5, 0.6) is 23.0 Å². The minimum atomic E-state index is -0.940. The predicted octanol–water partition coefficient (Wildman–Crippen LogP) is 11.8. The van der Waals surface area contributed by atoms with Crippen molar-refractivity contribution in [2.75, 3.05) is 0 Å². The molecule has 7 aromatic carbocycles. The summed E-state index contributed by atoms with van der Waals surface area (Å²) in [5.74, 6) is 3.62. The summed E-state index contributed by atoms with van der Waals surface area (Å²) < 4.78 is 13.6. The van der Waals surface area contributed by atoms with Gasteiger partial charge in [-0.2, -0.15) is 0 Å². The highest BCUT2D eigenvalue weighted by molar-refractivity contribution is 7.81. The smallest absolute Gasteiger partial charge is 0.147 e. The second-order valence-electron chi connectivity index (χ2n) is 11.9. The molecule has 2 aliphatic heterocycles. The van der Waals surface area contributed by atoms with Crippen LogP contribution >= 0.6 is 7.92 Å². The van der Waals surface area contributed by atoms with Gasteiger partial charge in [0.15, 0.2) is 0 Å². The summed E-state index contributed by atoms with van der Waals surface area (Å²) in [6.07, 6.45) is 5.34. The number of rotatable bonds is 4. The number of hydrogen-bond donors (Lipinski definition) is 0. The van der Waals surface area contributed by atoms with Crippen molar-refractivity contribution in [1.29, 1.82) is 0 Å². The lowest BCUT2D eigenvalue weighted by atomic mass is 9.98. The third-order valence-electron chi connectivity index (χ3n) is 8.90. The number of fused-ring (bicyclic) bond motifs is 6. The minimum absolute atomic E-state index is 0.875. The molecule has 0 bridgehead atoms. The van der Waals surface area contributed by atoms with Crippen molar-refractivity contribution >= 4 is 34.6 Å². The van der Waals surface area contributed by atoms with Crippen molar-refractivity contribution in [3.05, 3.63) is 164 Å². The van der Waals surface area contributed by atoms with Crippen LogP contribution in [0.15, 0.2) is 164 Å². The van der Waals surface area contributed by atoms with E-state index < -0.39 is 7.92 Å². The molecule has 1 unspecified atom stereocenters. The molecule has 0 spiro atoms. The Kier molecular flexibility index (Phi) is 8.10. The van der Waals surface area contributed by atoms with E-state index in [1.165, 1.54) is 38.1 Å². The summed E-state index contributed by atoms with van der Waals surface area (Å²) in [7, 11) is -0.940. The number of allylic oxidation sites excluding steroid dienone is 2. The largest absolute Gasteiger partial charge is 0.456 e. The van der Waals surface area contributed by atoms with Gasteiger partial charge in [0.2, 0.25) is 0 Å². The van der Waals surface area contributed by atoms with Crippen molar-refractivity contribution in [3.8, 4) is 56.4 Å². The third kappa shape index (κ3) is 5.39. The van der Waals surface area contributed by atoms with Crippen LogP contribution in [0.1, 0.15) is 20.3 Å². The topological polar surface area (TPSA) is 18.5 Å². The van der Waals surface area contributed by atoms with Gasteiger partial charge in [-0.25, -0.2) is 0 Å². The molecule has 2 nitrogen and oxygen atoms in total. The fourth-order valence-corrected chi connectivity index (χ4v) is 9.38. The van der Waals surface area contributed by atoms with Crippen LogP contribution in [0.4, 0.5) is 0 Å². The van der Waals surface area contributed by atoms with Gasteiger partial charge in [-0.1, -0.05) is 134 Å². The fourth-order valence-electron chi connectivity index (χ4n) is 6.63. The maximum Gasteiger partial charge on any atom is 0.147 e. The lowest BCUT2D eigenvalue weighted by Crippen LogP contribution is -2.32. The quantitative estimate of drug-likeness (QED) is 0.141. The lowest BCUT2D eigenvalue weighted by molar-refractivity contribution is 0.468. The van der Waals surface area contributed by atoms with Gasteiger partial charge in [0, 0.05) is 24.1 Å². The fraction of sp³-hybridized carbons (Fsp3) is 0.0667. The molecule has 7 aromatic rings. The van der Waals surface area contributed by atoms with Gasteiger partial charge in [0.1, 0.15) is 23.0 Å². The average Bonchev–Trinajstić information content (AvgIpc) is 3.15. The van der Waals surface area contributed by atoms with E-state index in [9.17, 15) is 0 Å². The molecule has 0 N–H and O–H groups in total. The van der Waals surface area contributed by atoms with Crippen molar-refractivity contribution in [1.82, 2.24) is 0 Å². The first kappa shape index (κ1) is 29.9. The summed E-state index contributed by atoms with van der Waals surface area (Å²) in [4.78, 5) is 0. The molecule has 232 valence electrons. The van der Waals surface area contributed by atoms with Gasteiger partial charge in [-0.3, -0.25) is 0 Å². The van der Waals surface area contributed by atoms with Crippen molar-refractivity contribution < 1.29 is 9.47 Å². The highest BCUT2D eigenvalue weighted by atomic mass is 31.1. The van der Waals surface area contributed by atoms with Crippen LogP contribution < -0.4 is 25.4 Å². The molecular formula is C45H35O2P. The number of benzene rings is 7. The second-order valence-corrected chi connectivity index (χ2v) is 14.0. The summed E-state index contributed by atoms with van der Waals surface area (Å²) in [6.45, 7) is 4.16. The highest BCUT2D eigenvalue weighted by Crippen LogP contribution is 2.56. The normalized spacial score (nSPS) is 13.8. The van der Waals surface area contributed by atoms with Crippen LogP contribution in [0.3, 0.4) is 0 Å². The van der Waals surface area contributed by atoms with Crippen LogP contribution in [0, 0.1) is 0 Å². The van der Waals surface area contributed by atoms with E-state index in [0.717, 1.165) is 51.4 Å². The Balaban J connectivity index is 0.000000629. The lowest BCUT2D eigenvalue weighted by Gasteiger charge is -2.36. The zero-order chi connectivity index (χ0) is 32.5. The summed E-state index contributed by atoms with van der Waals surface area (Å²) >= 11 is 0. The number of ether oxygens (including phenoxy) is 2. The van der Waals surface area contributed by atoms with E-state index in [1.54, 1.807) is 0 Å². The molecule has 0 saturated carbocycles. The standard InChI is InChI=1S/C40H25O2P.C5H10/c1-3-10-26(11-4-1)29-15-9-16-31(24-29)32-20-22-35-40-38(32)42-34-21-18-28-14-7-8-17-33(28)39(34)43(40)37-23-19-30(25-36(37)41-35)27-12-5-2-6-13-27;1-3-5-4-2/h1-25H;3,5H,4H2,1-2H3/b;5-3-. The molecule has 0 fully saturated rings. The van der Waals surface area contributed by atoms with E-state index in [1.807, 2.05) is 6.92 Å². The Labute approximate surface area is 283 Å². The molecule has 0 radical (unpaired) electrons. The Morgan fingerprint density at radius 3 is 1.90 bits per heavy atom. The molecule has 0 amide bonds. The summed E-state index contributed by atoms with van der Waals surface area (Å²) in [5, 5.41) is 6.09. The van der Waals surface area contributed by atoms with Gasteiger partial charge in [0.25, 0.3) is 0 Å². The molecule has 48 heavy (non-hydrogen) atoms. The van der Waals surface area contributed by atoms with Crippen molar-refractivity contribution in [2.45, 2.75) is 20.3 Å². The van der Waals surface area contributed by atoms with Gasteiger partial charge in [-0.15, -0.1) is 0 Å². The van der Waals surface area contributed by atoms with Crippen LogP contribution in [0.25, 0.3) is 44.2 Å². The maximum absolute atomic E-state index is 6.91. The molecule has 0 aliphatic carbocycles. The van der Waals surface area contributed by atoms with Crippen LogP contribution in [-0.4, -0.2) is 0 Å². The molecule has 0 saturated heterocycles. The average molecular weight is 639 g/mol. The molecule has 3 heteroatoms. The van der Waals surface area contributed by atoms with Gasteiger partial charge in [0.05, 0.1) is 5.30 Å². The monoisotopic (exact) mass is 638 g/mol. The van der Waals surface area contributed by atoms with Crippen molar-refractivity contribution in [2.24, 2.45) is 0 Å². The minimum Gasteiger partial charge on any atom is -0.456 e. The van der Waals surface area contributed by atoms with E-state index in [2.05, 4.69) is 171 Å². The molecule has 2 heterocycles. The van der Waals surface area contributed by atoms with E-state index in [-0.39, 0.29) is 0 Å². The zero-order valence-corrected chi connectivity index (χ0v) is 28.0. The zero-order valence-electron chi connectivity index (χ0n) is 27.1. The van der Waals surface area contributed by atoms with Crippen molar-refractivity contribution in [3.63, 3.8) is 0 Å². The highest BCUT2D eigenvalue weighted by Gasteiger charge is 2.39. The van der Waals surface area contributed by atoms with E-state index in [4.69, 9.17) is 9.47 Å². The molecule has 9 rings (SSSR count). The number of hydrogen-bond acceptors (Lipinski definition) is 2. The first-order chi connectivity index (χ1) is 23.7. The maximum atomic E-state index is 6.91. The Hall–Kier alpha value is -5.43. The molecular weight excluding hydrogens is 603 g/mol. The molecule has 2 aliphatic rings.